The topological polar surface area (TPSA) is 78.1 Å². The van der Waals surface area contributed by atoms with Crippen molar-refractivity contribution in [1.82, 2.24) is 9.97 Å². The second-order valence-electron chi connectivity index (χ2n) is 4.61. The lowest BCUT2D eigenvalue weighted by atomic mass is 10.1. The fraction of sp³-hybridized carbons (Fsp3) is 0.188. The predicted molar refractivity (Wildman–Crippen MR) is 81.9 cm³/mol. The molecular weight excluding hydrogens is 266 g/mol. The van der Waals surface area contributed by atoms with Crippen molar-refractivity contribution in [2.24, 2.45) is 0 Å². The van der Waals surface area contributed by atoms with Gasteiger partial charge in [-0.2, -0.15) is 0 Å². The van der Waals surface area contributed by atoms with Crippen molar-refractivity contribution in [2.45, 2.75) is 13.3 Å². The number of methoxy groups -OCH3 is 1. The van der Waals surface area contributed by atoms with Crippen LogP contribution in [0.2, 0.25) is 0 Å². The van der Waals surface area contributed by atoms with Crippen LogP contribution in [-0.2, 0) is 11.2 Å². The number of nitrogens with zero attached hydrogens (tertiary/aromatic N) is 2. The first-order chi connectivity index (χ1) is 10.1. The first-order valence-corrected chi connectivity index (χ1v) is 6.49. The summed E-state index contributed by atoms with van der Waals surface area (Å²) in [6.07, 6.45) is 2.05. The molecule has 0 spiro atoms. The predicted octanol–water partition coefficient (Wildman–Crippen LogP) is 2.55. The van der Waals surface area contributed by atoms with Crippen molar-refractivity contribution in [3.8, 4) is 11.4 Å². The van der Waals surface area contributed by atoms with Crippen LogP contribution in [-0.4, -0.2) is 23.0 Å². The lowest BCUT2D eigenvalue weighted by molar-refractivity contribution is 0.0593. The van der Waals surface area contributed by atoms with Gasteiger partial charge in [0, 0.05) is 11.1 Å². The lowest BCUT2D eigenvalue weighted by Gasteiger charge is -2.10. The highest BCUT2D eigenvalue weighted by Crippen LogP contribution is 2.22. The van der Waals surface area contributed by atoms with E-state index in [1.54, 1.807) is 6.08 Å². The molecule has 0 aliphatic heterocycles. The molecule has 0 unspecified atom stereocenters. The summed E-state index contributed by atoms with van der Waals surface area (Å²) >= 11 is 0. The molecule has 1 heterocycles. The Morgan fingerprint density at radius 1 is 1.33 bits per heavy atom. The second-order valence-corrected chi connectivity index (χ2v) is 4.61. The third kappa shape index (κ3) is 3.08. The van der Waals surface area contributed by atoms with Gasteiger partial charge in [-0.1, -0.05) is 35.9 Å². The summed E-state index contributed by atoms with van der Waals surface area (Å²) in [6, 6.07) is 7.67. The molecule has 108 valence electrons. The average molecular weight is 283 g/mol. The largest absolute Gasteiger partial charge is 0.464 e. The highest BCUT2D eigenvalue weighted by Gasteiger charge is 2.19. The third-order valence-electron chi connectivity index (χ3n) is 3.08. The SMILES string of the molecule is C=CCc1c(N)nc(-c2ccc(C)cc2)nc1C(=O)OC. The van der Waals surface area contributed by atoms with E-state index in [0.717, 1.165) is 11.1 Å². The quantitative estimate of drug-likeness (QED) is 0.689. The summed E-state index contributed by atoms with van der Waals surface area (Å²) in [5.74, 6) is 0.135. The number of hydrogen-bond acceptors (Lipinski definition) is 5. The van der Waals surface area contributed by atoms with E-state index in [2.05, 4.69) is 16.5 Å². The van der Waals surface area contributed by atoms with E-state index in [4.69, 9.17) is 10.5 Å². The van der Waals surface area contributed by atoms with Gasteiger partial charge in [0.05, 0.1) is 7.11 Å². The summed E-state index contributed by atoms with van der Waals surface area (Å²) in [6.45, 7) is 5.64. The minimum absolute atomic E-state index is 0.181. The van der Waals surface area contributed by atoms with Crippen LogP contribution < -0.4 is 5.73 Å². The maximum atomic E-state index is 11.9. The van der Waals surface area contributed by atoms with Crippen LogP contribution in [0.25, 0.3) is 11.4 Å². The van der Waals surface area contributed by atoms with Crippen molar-refractivity contribution in [2.75, 3.05) is 12.8 Å². The number of esters is 1. The Labute approximate surface area is 123 Å². The van der Waals surface area contributed by atoms with Crippen LogP contribution in [0.1, 0.15) is 21.6 Å². The van der Waals surface area contributed by atoms with E-state index >= 15 is 0 Å². The first-order valence-electron chi connectivity index (χ1n) is 6.49. The summed E-state index contributed by atoms with van der Waals surface area (Å²) in [7, 11) is 1.31. The molecule has 5 nitrogen and oxygen atoms in total. The van der Waals surface area contributed by atoms with Crippen molar-refractivity contribution in [3.05, 3.63) is 53.7 Å². The zero-order valence-electron chi connectivity index (χ0n) is 12.1. The summed E-state index contributed by atoms with van der Waals surface area (Å²) in [5, 5.41) is 0. The summed E-state index contributed by atoms with van der Waals surface area (Å²) in [5.41, 5.74) is 8.60. The Kier molecular flexibility index (Phi) is 4.33. The molecule has 1 aromatic heterocycles. The molecular formula is C16H17N3O2. The minimum Gasteiger partial charge on any atom is -0.464 e. The smallest absolute Gasteiger partial charge is 0.357 e. The van der Waals surface area contributed by atoms with E-state index < -0.39 is 5.97 Å². The van der Waals surface area contributed by atoms with E-state index in [0.29, 0.717) is 17.8 Å². The number of anilines is 1. The van der Waals surface area contributed by atoms with Gasteiger partial charge in [0.1, 0.15) is 5.82 Å². The first kappa shape index (κ1) is 14.7. The van der Waals surface area contributed by atoms with E-state index in [9.17, 15) is 4.79 Å². The molecule has 0 fully saturated rings. The van der Waals surface area contributed by atoms with E-state index in [1.807, 2.05) is 31.2 Å². The van der Waals surface area contributed by atoms with Gasteiger partial charge in [-0.3, -0.25) is 0 Å². The molecule has 1 aromatic carbocycles. The number of allylic oxidation sites excluding steroid dienone is 1. The van der Waals surface area contributed by atoms with Gasteiger partial charge in [0.15, 0.2) is 11.5 Å². The van der Waals surface area contributed by atoms with Crippen molar-refractivity contribution in [1.29, 1.82) is 0 Å². The van der Waals surface area contributed by atoms with Crippen LogP contribution in [0.4, 0.5) is 5.82 Å². The molecule has 2 aromatic rings. The third-order valence-corrected chi connectivity index (χ3v) is 3.08. The molecule has 5 heteroatoms. The molecule has 0 atom stereocenters. The number of hydrogen-bond donors (Lipinski definition) is 1. The molecule has 21 heavy (non-hydrogen) atoms. The highest BCUT2D eigenvalue weighted by molar-refractivity contribution is 5.90. The number of aryl methyl sites for hydroxylation is 1. The van der Waals surface area contributed by atoms with Crippen LogP contribution in [0.5, 0.6) is 0 Å². The number of carbonyl (C=O) groups is 1. The molecule has 0 bridgehead atoms. The maximum absolute atomic E-state index is 11.9. The van der Waals surface area contributed by atoms with Gasteiger partial charge in [0.25, 0.3) is 0 Å². The Morgan fingerprint density at radius 2 is 2.00 bits per heavy atom. The number of nitrogens with two attached hydrogens (primary N) is 1. The molecule has 0 saturated carbocycles. The van der Waals surface area contributed by atoms with Crippen LogP contribution >= 0.6 is 0 Å². The standard InChI is InChI=1S/C16H17N3O2/c1-4-5-12-13(16(20)21-3)18-15(19-14(12)17)11-8-6-10(2)7-9-11/h4,6-9H,1,5H2,2-3H3,(H2,17,18,19). The Hall–Kier alpha value is -2.69. The van der Waals surface area contributed by atoms with Gasteiger partial charge in [-0.25, -0.2) is 14.8 Å². The number of aromatic nitrogens is 2. The Bertz CT molecular complexity index is 679. The van der Waals surface area contributed by atoms with Crippen LogP contribution in [0.15, 0.2) is 36.9 Å². The Morgan fingerprint density at radius 3 is 2.57 bits per heavy atom. The number of rotatable bonds is 4. The minimum atomic E-state index is -0.533. The van der Waals surface area contributed by atoms with Crippen molar-refractivity contribution >= 4 is 11.8 Å². The molecule has 2 rings (SSSR count). The fourth-order valence-electron chi connectivity index (χ4n) is 1.94. The molecule has 0 aliphatic rings. The highest BCUT2D eigenvalue weighted by atomic mass is 16.5. The monoisotopic (exact) mass is 283 g/mol. The maximum Gasteiger partial charge on any atom is 0.357 e. The molecule has 0 aliphatic carbocycles. The van der Waals surface area contributed by atoms with Crippen LogP contribution in [0, 0.1) is 6.92 Å². The zero-order chi connectivity index (χ0) is 15.4. The number of carbonyl (C=O) groups excluding carboxylic acids is 1. The van der Waals surface area contributed by atoms with Gasteiger partial charge >= 0.3 is 5.97 Å². The summed E-state index contributed by atoms with van der Waals surface area (Å²) < 4.78 is 4.77. The zero-order valence-corrected chi connectivity index (χ0v) is 12.1. The molecule has 0 saturated heterocycles. The van der Waals surface area contributed by atoms with Crippen molar-refractivity contribution in [3.63, 3.8) is 0 Å². The normalized spacial score (nSPS) is 10.2. The fourth-order valence-corrected chi connectivity index (χ4v) is 1.94. The molecule has 0 radical (unpaired) electrons. The second kappa shape index (κ2) is 6.17. The summed E-state index contributed by atoms with van der Waals surface area (Å²) in [4.78, 5) is 20.5. The van der Waals surface area contributed by atoms with Gasteiger partial charge in [0.2, 0.25) is 0 Å². The van der Waals surface area contributed by atoms with Gasteiger partial charge in [-0.15, -0.1) is 6.58 Å². The number of benzene rings is 1. The van der Waals surface area contributed by atoms with E-state index in [-0.39, 0.29) is 11.5 Å². The van der Waals surface area contributed by atoms with E-state index in [1.165, 1.54) is 7.11 Å². The molecule has 0 amide bonds. The van der Waals surface area contributed by atoms with Crippen molar-refractivity contribution < 1.29 is 9.53 Å². The molecule has 2 N–H and O–H groups in total. The van der Waals surface area contributed by atoms with Gasteiger partial charge in [-0.05, 0) is 13.3 Å². The average Bonchev–Trinajstić information content (AvgIpc) is 2.49. The number of nitrogen functional groups attached to an aromatic ring is 1. The lowest BCUT2D eigenvalue weighted by Crippen LogP contribution is -2.13. The van der Waals surface area contributed by atoms with Crippen LogP contribution in [0.3, 0.4) is 0 Å². The Balaban J connectivity index is 2.59. The number of ether oxygens (including phenoxy) is 1. The van der Waals surface area contributed by atoms with Gasteiger partial charge < -0.3 is 10.5 Å².